The van der Waals surface area contributed by atoms with E-state index in [-0.39, 0.29) is 11.6 Å². The molecule has 3 N–H and O–H groups in total. The molecule has 0 atom stereocenters. The second-order valence-electron chi connectivity index (χ2n) is 6.32. The van der Waals surface area contributed by atoms with Gasteiger partial charge < -0.3 is 25.1 Å². The first-order valence-electron chi connectivity index (χ1n) is 8.92. The number of methoxy groups -OCH3 is 1. The third-order valence-electron chi connectivity index (χ3n) is 4.10. The molecule has 30 heavy (non-hydrogen) atoms. The van der Waals surface area contributed by atoms with Crippen LogP contribution in [0.5, 0.6) is 5.75 Å². The van der Waals surface area contributed by atoms with E-state index in [1.165, 1.54) is 26.2 Å². The predicted molar refractivity (Wildman–Crippen MR) is 111 cm³/mol. The Hall–Kier alpha value is -4.14. The van der Waals surface area contributed by atoms with Gasteiger partial charge in [-0.25, -0.2) is 4.79 Å². The fraction of sp³-hybridized carbons (Fsp3) is 0.143. The predicted octanol–water partition coefficient (Wildman–Crippen LogP) is 2.29. The third-order valence-corrected chi connectivity index (χ3v) is 4.10. The van der Waals surface area contributed by atoms with Gasteiger partial charge in [-0.3, -0.25) is 14.4 Å². The van der Waals surface area contributed by atoms with Crippen molar-refractivity contribution in [2.75, 3.05) is 24.4 Å². The number of rotatable bonds is 6. The SMILES string of the molecule is COc1ccc(NC(C)=O)cc1NC(=O)COC(=O)c1cc2ccccc2c(=O)[nH]1. The van der Waals surface area contributed by atoms with Gasteiger partial charge in [-0.15, -0.1) is 0 Å². The van der Waals surface area contributed by atoms with E-state index in [0.717, 1.165) is 0 Å². The molecule has 1 heterocycles. The first kappa shape index (κ1) is 20.6. The quantitative estimate of drug-likeness (QED) is 0.536. The minimum absolute atomic E-state index is 0.0586. The Bertz CT molecular complexity index is 1180. The standard InChI is InChI=1S/C21H19N3O6/c1-12(25)22-14-7-8-18(29-2)16(10-14)23-19(26)11-30-21(28)17-9-13-5-3-4-6-15(13)20(27)24-17/h3-10H,11H2,1-2H3,(H,22,25)(H,23,26)(H,24,27). The Balaban J connectivity index is 1.68. The Morgan fingerprint density at radius 2 is 1.80 bits per heavy atom. The van der Waals surface area contributed by atoms with Gasteiger partial charge in [-0.2, -0.15) is 0 Å². The van der Waals surface area contributed by atoms with Crippen molar-refractivity contribution in [1.29, 1.82) is 0 Å². The Morgan fingerprint density at radius 1 is 1.03 bits per heavy atom. The average Bonchev–Trinajstić information content (AvgIpc) is 2.72. The molecule has 154 valence electrons. The van der Waals surface area contributed by atoms with E-state index >= 15 is 0 Å². The minimum atomic E-state index is -0.841. The molecule has 9 nitrogen and oxygen atoms in total. The van der Waals surface area contributed by atoms with Crippen LogP contribution in [0.3, 0.4) is 0 Å². The Kier molecular flexibility index (Phi) is 6.11. The average molecular weight is 409 g/mol. The topological polar surface area (TPSA) is 127 Å². The van der Waals surface area contributed by atoms with Crippen molar-refractivity contribution in [1.82, 2.24) is 4.98 Å². The molecule has 2 aromatic carbocycles. The molecule has 1 aromatic heterocycles. The van der Waals surface area contributed by atoms with Crippen molar-refractivity contribution < 1.29 is 23.9 Å². The molecule has 3 rings (SSSR count). The number of ether oxygens (including phenoxy) is 2. The van der Waals surface area contributed by atoms with Gasteiger partial charge in [-0.05, 0) is 35.7 Å². The number of anilines is 2. The summed E-state index contributed by atoms with van der Waals surface area (Å²) in [7, 11) is 1.43. The van der Waals surface area contributed by atoms with Crippen molar-refractivity contribution in [2.24, 2.45) is 0 Å². The maximum absolute atomic E-state index is 12.3. The van der Waals surface area contributed by atoms with E-state index in [9.17, 15) is 19.2 Å². The van der Waals surface area contributed by atoms with E-state index in [1.807, 2.05) is 0 Å². The van der Waals surface area contributed by atoms with Crippen LogP contribution < -0.4 is 20.9 Å². The zero-order valence-corrected chi connectivity index (χ0v) is 16.3. The minimum Gasteiger partial charge on any atom is -0.495 e. The normalized spacial score (nSPS) is 10.3. The second-order valence-corrected chi connectivity index (χ2v) is 6.32. The maximum atomic E-state index is 12.3. The van der Waals surface area contributed by atoms with Crippen molar-refractivity contribution in [3.8, 4) is 5.75 Å². The number of nitrogens with one attached hydrogen (secondary N) is 3. The summed E-state index contributed by atoms with van der Waals surface area (Å²) in [6.07, 6.45) is 0. The first-order valence-corrected chi connectivity index (χ1v) is 8.92. The molecule has 0 radical (unpaired) electrons. The van der Waals surface area contributed by atoms with Gasteiger partial charge in [0.2, 0.25) is 5.91 Å². The first-order chi connectivity index (χ1) is 14.4. The molecule has 0 aliphatic heterocycles. The molecular weight excluding hydrogens is 390 g/mol. The highest BCUT2D eigenvalue weighted by atomic mass is 16.5. The van der Waals surface area contributed by atoms with Crippen LogP contribution in [0.1, 0.15) is 17.4 Å². The molecule has 0 saturated heterocycles. The molecule has 0 bridgehead atoms. The van der Waals surface area contributed by atoms with Crippen LogP contribution in [-0.4, -0.2) is 36.5 Å². The number of benzene rings is 2. The Morgan fingerprint density at radius 3 is 2.53 bits per heavy atom. The summed E-state index contributed by atoms with van der Waals surface area (Å²) in [4.78, 5) is 50.2. The number of hydrogen-bond donors (Lipinski definition) is 3. The number of fused-ring (bicyclic) bond motifs is 1. The molecule has 9 heteroatoms. The van der Waals surface area contributed by atoms with Crippen LogP contribution >= 0.6 is 0 Å². The highest BCUT2D eigenvalue weighted by Gasteiger charge is 2.15. The van der Waals surface area contributed by atoms with Gasteiger partial charge in [-0.1, -0.05) is 18.2 Å². The van der Waals surface area contributed by atoms with Crippen LogP contribution in [0.2, 0.25) is 0 Å². The molecule has 0 aliphatic carbocycles. The largest absolute Gasteiger partial charge is 0.495 e. The molecule has 0 aliphatic rings. The van der Waals surface area contributed by atoms with Gasteiger partial charge >= 0.3 is 5.97 Å². The van der Waals surface area contributed by atoms with Gasteiger partial charge in [0, 0.05) is 18.0 Å². The van der Waals surface area contributed by atoms with E-state index in [1.54, 1.807) is 36.4 Å². The van der Waals surface area contributed by atoms with Gasteiger partial charge in [0.1, 0.15) is 11.4 Å². The van der Waals surface area contributed by atoms with Crippen LogP contribution in [0.25, 0.3) is 10.8 Å². The van der Waals surface area contributed by atoms with Gasteiger partial charge in [0.05, 0.1) is 12.8 Å². The van der Waals surface area contributed by atoms with Crippen molar-refractivity contribution in [3.05, 3.63) is 64.6 Å². The third kappa shape index (κ3) is 4.82. The fourth-order valence-corrected chi connectivity index (χ4v) is 2.80. The number of carbonyl (C=O) groups is 3. The maximum Gasteiger partial charge on any atom is 0.355 e. The van der Waals surface area contributed by atoms with Crippen molar-refractivity contribution in [2.45, 2.75) is 6.92 Å². The number of carbonyl (C=O) groups excluding carboxylic acids is 3. The summed E-state index contributed by atoms with van der Waals surface area (Å²) in [6, 6.07) is 13.0. The number of esters is 1. The monoisotopic (exact) mass is 409 g/mol. The van der Waals surface area contributed by atoms with Gasteiger partial charge in [0.25, 0.3) is 11.5 Å². The number of aromatic amines is 1. The van der Waals surface area contributed by atoms with E-state index < -0.39 is 24.0 Å². The van der Waals surface area contributed by atoms with Crippen LogP contribution in [0.15, 0.2) is 53.3 Å². The summed E-state index contributed by atoms with van der Waals surface area (Å²) < 4.78 is 10.2. The number of aromatic nitrogens is 1. The zero-order valence-electron chi connectivity index (χ0n) is 16.3. The lowest BCUT2D eigenvalue weighted by molar-refractivity contribution is -0.119. The van der Waals surface area contributed by atoms with Crippen LogP contribution in [-0.2, 0) is 14.3 Å². The van der Waals surface area contributed by atoms with Crippen molar-refractivity contribution >= 4 is 39.9 Å². The summed E-state index contributed by atoms with van der Waals surface area (Å²) in [5.74, 6) is -1.37. The highest BCUT2D eigenvalue weighted by molar-refractivity contribution is 5.98. The second kappa shape index (κ2) is 8.91. The number of pyridine rings is 1. The van der Waals surface area contributed by atoms with Gasteiger partial charge in [0.15, 0.2) is 6.61 Å². The van der Waals surface area contributed by atoms with E-state index in [0.29, 0.717) is 27.9 Å². The highest BCUT2D eigenvalue weighted by Crippen LogP contribution is 2.27. The number of hydrogen-bond acceptors (Lipinski definition) is 6. The molecule has 0 fully saturated rings. The number of amides is 2. The molecule has 0 unspecified atom stereocenters. The molecule has 2 amide bonds. The lowest BCUT2D eigenvalue weighted by Crippen LogP contribution is -2.23. The zero-order chi connectivity index (χ0) is 21.7. The lowest BCUT2D eigenvalue weighted by atomic mass is 10.1. The molecule has 0 saturated carbocycles. The number of H-pyrrole nitrogens is 1. The summed E-state index contributed by atoms with van der Waals surface area (Å²) in [5, 5.41) is 6.18. The molecule has 3 aromatic rings. The fourth-order valence-electron chi connectivity index (χ4n) is 2.80. The summed E-state index contributed by atoms with van der Waals surface area (Å²) >= 11 is 0. The van der Waals surface area contributed by atoms with Crippen LogP contribution in [0, 0.1) is 0 Å². The molecule has 0 spiro atoms. The molecular formula is C21H19N3O6. The summed E-state index contributed by atoms with van der Waals surface area (Å²) in [6.45, 7) is 0.778. The summed E-state index contributed by atoms with van der Waals surface area (Å²) in [5.41, 5.74) is 0.272. The van der Waals surface area contributed by atoms with Crippen molar-refractivity contribution in [3.63, 3.8) is 0 Å². The smallest absolute Gasteiger partial charge is 0.355 e. The Labute approximate surface area is 171 Å². The van der Waals surface area contributed by atoms with E-state index in [2.05, 4.69) is 15.6 Å². The lowest BCUT2D eigenvalue weighted by Gasteiger charge is -2.12. The van der Waals surface area contributed by atoms with E-state index in [4.69, 9.17) is 9.47 Å². The van der Waals surface area contributed by atoms with Crippen LogP contribution in [0.4, 0.5) is 11.4 Å².